The minimum absolute atomic E-state index is 0.0454. The molecule has 1 saturated carbocycles. The first kappa shape index (κ1) is 22.3. The number of aliphatic hydroxyl groups excluding tert-OH is 1. The van der Waals surface area contributed by atoms with E-state index in [1.807, 2.05) is 26.8 Å². The number of halogens is 1. The number of hydrogen-bond acceptors (Lipinski definition) is 5. The molecule has 7 heteroatoms. The van der Waals surface area contributed by atoms with E-state index in [0.29, 0.717) is 16.9 Å². The van der Waals surface area contributed by atoms with Gasteiger partial charge in [0.15, 0.2) is 0 Å². The van der Waals surface area contributed by atoms with Crippen LogP contribution >= 0.6 is 11.9 Å². The smallest absolute Gasteiger partial charge is 0.255 e. The molecule has 3 N–H and O–H groups in total. The number of benzene rings is 1. The Morgan fingerprint density at radius 1 is 1.25 bits per heavy atom. The monoisotopic (exact) mass is 407 g/mol. The average molecular weight is 408 g/mol. The highest BCUT2D eigenvalue weighted by molar-refractivity contribution is 8.02. The summed E-state index contributed by atoms with van der Waals surface area (Å²) in [5, 5.41) is 12.3. The molecule has 3 rings (SSSR count). The van der Waals surface area contributed by atoms with Crippen LogP contribution in [0.3, 0.4) is 0 Å². The molecular formula is C21H30FN3O2S. The van der Waals surface area contributed by atoms with Gasteiger partial charge in [-0.15, -0.1) is 0 Å². The molecule has 0 radical (unpaired) electrons. The number of rotatable bonds is 7. The second-order valence-electron chi connectivity index (χ2n) is 6.93. The Balaban J connectivity index is 0.00000136. The average Bonchev–Trinajstić information content (AvgIpc) is 3.44. The lowest BCUT2D eigenvalue weighted by atomic mass is 10.2. The molecule has 0 spiro atoms. The van der Waals surface area contributed by atoms with Crippen molar-refractivity contribution in [3.8, 4) is 0 Å². The van der Waals surface area contributed by atoms with E-state index in [9.17, 15) is 14.3 Å². The molecule has 28 heavy (non-hydrogen) atoms. The van der Waals surface area contributed by atoms with Gasteiger partial charge in [0.2, 0.25) is 0 Å². The highest BCUT2D eigenvalue weighted by Gasteiger charge is 2.43. The van der Waals surface area contributed by atoms with E-state index in [0.717, 1.165) is 30.5 Å². The molecule has 1 aromatic carbocycles. The van der Waals surface area contributed by atoms with Crippen LogP contribution in [0.1, 0.15) is 44.2 Å². The van der Waals surface area contributed by atoms with Gasteiger partial charge in [-0.3, -0.25) is 4.79 Å². The molecule has 2 aromatic rings. The lowest BCUT2D eigenvalue weighted by Gasteiger charge is -2.20. The van der Waals surface area contributed by atoms with Gasteiger partial charge >= 0.3 is 0 Å². The number of aliphatic hydroxyl groups is 1. The van der Waals surface area contributed by atoms with Gasteiger partial charge in [0, 0.05) is 30.2 Å². The molecule has 1 aliphatic carbocycles. The quantitative estimate of drug-likeness (QED) is 0.571. The molecule has 154 valence electrons. The minimum atomic E-state index is -0.359. The fourth-order valence-corrected chi connectivity index (χ4v) is 3.88. The fraction of sp³-hybridized carbons (Fsp3) is 0.476. The van der Waals surface area contributed by atoms with E-state index in [2.05, 4.69) is 10.0 Å². The molecular weight excluding hydrogens is 377 g/mol. The molecule has 5 nitrogen and oxygen atoms in total. The normalized spacial score (nSPS) is 14.1. The molecule has 0 unspecified atom stereocenters. The highest BCUT2D eigenvalue weighted by atomic mass is 32.2. The summed E-state index contributed by atoms with van der Waals surface area (Å²) < 4.78 is 19.1. The summed E-state index contributed by atoms with van der Waals surface area (Å²) in [5.41, 5.74) is 2.85. The lowest BCUT2D eigenvalue weighted by molar-refractivity contribution is 0.285. The van der Waals surface area contributed by atoms with Gasteiger partial charge in [0.25, 0.3) is 5.56 Å². The van der Waals surface area contributed by atoms with Crippen LogP contribution in [0.4, 0.5) is 21.5 Å². The first-order valence-electron chi connectivity index (χ1n) is 9.63. The van der Waals surface area contributed by atoms with Gasteiger partial charge in [0.1, 0.15) is 5.82 Å². The van der Waals surface area contributed by atoms with Crippen LogP contribution in [0.25, 0.3) is 0 Å². The van der Waals surface area contributed by atoms with Crippen molar-refractivity contribution in [1.29, 1.82) is 0 Å². The number of pyridine rings is 1. The molecule has 1 aromatic heterocycles. The predicted octanol–water partition coefficient (Wildman–Crippen LogP) is 4.89. The Labute approximate surface area is 170 Å². The Kier molecular flexibility index (Phi) is 7.55. The summed E-state index contributed by atoms with van der Waals surface area (Å²) in [4.78, 5) is 12.3. The van der Waals surface area contributed by atoms with Crippen LogP contribution in [0.2, 0.25) is 0 Å². The number of aromatic nitrogens is 1. The zero-order chi connectivity index (χ0) is 20.9. The van der Waals surface area contributed by atoms with E-state index in [-0.39, 0.29) is 22.7 Å². The second-order valence-corrected chi connectivity index (χ2v) is 8.20. The van der Waals surface area contributed by atoms with Gasteiger partial charge in [-0.2, -0.15) is 0 Å². The first-order valence-corrected chi connectivity index (χ1v) is 10.5. The van der Waals surface area contributed by atoms with Gasteiger partial charge in [-0.25, -0.2) is 4.39 Å². The SMILES string of the molecule is CC.Cc1ccc(Nc2c(NSC3(CCO)CC3)cn(C)c(=O)c2C)c(F)c1. The lowest BCUT2D eigenvalue weighted by Crippen LogP contribution is -2.21. The molecule has 0 atom stereocenters. The zero-order valence-corrected chi connectivity index (χ0v) is 18.0. The van der Waals surface area contributed by atoms with Crippen molar-refractivity contribution in [2.75, 3.05) is 16.6 Å². The molecule has 1 aliphatic rings. The van der Waals surface area contributed by atoms with Crippen LogP contribution in [0.15, 0.2) is 29.2 Å². The van der Waals surface area contributed by atoms with Crippen molar-refractivity contribution < 1.29 is 9.50 Å². The van der Waals surface area contributed by atoms with Crippen molar-refractivity contribution in [1.82, 2.24) is 4.57 Å². The second kappa shape index (κ2) is 9.47. The molecule has 0 amide bonds. The van der Waals surface area contributed by atoms with Gasteiger partial charge in [-0.05, 0) is 62.8 Å². The number of anilines is 3. The number of aryl methyl sites for hydroxylation is 2. The molecule has 1 heterocycles. The molecule has 1 fully saturated rings. The van der Waals surface area contributed by atoms with E-state index in [1.165, 1.54) is 10.6 Å². The van der Waals surface area contributed by atoms with Gasteiger partial charge in [-0.1, -0.05) is 19.9 Å². The Bertz CT molecular complexity index is 879. The van der Waals surface area contributed by atoms with E-state index < -0.39 is 0 Å². The van der Waals surface area contributed by atoms with Crippen LogP contribution < -0.4 is 15.6 Å². The maximum Gasteiger partial charge on any atom is 0.255 e. The maximum atomic E-state index is 14.3. The third-order valence-corrected chi connectivity index (χ3v) is 6.11. The predicted molar refractivity (Wildman–Crippen MR) is 117 cm³/mol. The summed E-state index contributed by atoms with van der Waals surface area (Å²) >= 11 is 1.56. The van der Waals surface area contributed by atoms with E-state index >= 15 is 0 Å². The van der Waals surface area contributed by atoms with Crippen molar-refractivity contribution in [3.05, 3.63) is 51.7 Å². The van der Waals surface area contributed by atoms with Crippen molar-refractivity contribution in [2.45, 2.75) is 51.7 Å². The van der Waals surface area contributed by atoms with Crippen molar-refractivity contribution in [2.24, 2.45) is 7.05 Å². The topological polar surface area (TPSA) is 66.3 Å². The van der Waals surface area contributed by atoms with Crippen LogP contribution in [-0.2, 0) is 7.05 Å². The largest absolute Gasteiger partial charge is 0.396 e. The Morgan fingerprint density at radius 2 is 1.93 bits per heavy atom. The minimum Gasteiger partial charge on any atom is -0.396 e. The standard InChI is InChI=1S/C19H24FN3O2S.C2H6/c1-12-4-5-15(14(20)10-12)21-17-13(2)18(25)23(3)11-16(17)22-26-19(6-7-19)8-9-24;1-2/h4-5,10-11,21-22,24H,6-9H2,1-3H3;1-2H3. The van der Waals surface area contributed by atoms with Gasteiger partial charge < -0.3 is 19.7 Å². The third-order valence-electron chi connectivity index (χ3n) is 4.75. The van der Waals surface area contributed by atoms with Crippen molar-refractivity contribution >= 4 is 29.0 Å². The van der Waals surface area contributed by atoms with Crippen molar-refractivity contribution in [3.63, 3.8) is 0 Å². The molecule has 0 bridgehead atoms. The summed E-state index contributed by atoms with van der Waals surface area (Å²) in [7, 11) is 1.70. The first-order chi connectivity index (χ1) is 13.3. The number of hydrogen-bond donors (Lipinski definition) is 3. The van der Waals surface area contributed by atoms with E-state index in [1.54, 1.807) is 38.2 Å². The summed E-state index contributed by atoms with van der Waals surface area (Å²) in [6, 6.07) is 4.96. The zero-order valence-electron chi connectivity index (χ0n) is 17.2. The number of nitrogens with one attached hydrogen (secondary N) is 2. The summed E-state index contributed by atoms with van der Waals surface area (Å²) in [5.74, 6) is -0.359. The molecule has 0 aliphatic heterocycles. The Hall–Kier alpha value is -1.99. The van der Waals surface area contributed by atoms with Gasteiger partial charge in [0.05, 0.1) is 17.1 Å². The summed E-state index contributed by atoms with van der Waals surface area (Å²) in [6.45, 7) is 7.71. The van der Waals surface area contributed by atoms with Crippen LogP contribution in [-0.4, -0.2) is 21.0 Å². The maximum absolute atomic E-state index is 14.3. The highest BCUT2D eigenvalue weighted by Crippen LogP contribution is 2.51. The van der Waals surface area contributed by atoms with Crippen LogP contribution in [0.5, 0.6) is 0 Å². The Morgan fingerprint density at radius 3 is 2.50 bits per heavy atom. The van der Waals surface area contributed by atoms with Crippen LogP contribution in [0, 0.1) is 19.7 Å². The van der Waals surface area contributed by atoms with E-state index in [4.69, 9.17) is 0 Å². The third kappa shape index (κ3) is 5.08. The number of nitrogens with zero attached hydrogens (tertiary/aromatic N) is 1. The molecule has 0 saturated heterocycles. The summed E-state index contributed by atoms with van der Waals surface area (Å²) in [6.07, 6.45) is 4.53. The fourth-order valence-electron chi connectivity index (χ4n) is 2.89.